The number of ether oxygens (including phenoxy) is 2. The molecule has 0 spiro atoms. The molecule has 1 aliphatic carbocycles. The number of hydrogen-bond acceptors (Lipinski definition) is 6. The summed E-state index contributed by atoms with van der Waals surface area (Å²) in [6, 6.07) is 4.03. The van der Waals surface area contributed by atoms with Crippen molar-refractivity contribution >= 4 is 17.3 Å². The number of aromatic nitrogens is 2. The molecule has 0 radical (unpaired) electrons. The van der Waals surface area contributed by atoms with Crippen molar-refractivity contribution in [2.24, 2.45) is 4.99 Å². The first-order valence-electron chi connectivity index (χ1n) is 10.6. The van der Waals surface area contributed by atoms with Gasteiger partial charge in [-0.3, -0.25) is 4.99 Å². The second kappa shape index (κ2) is 11.3. The topological polar surface area (TPSA) is 71.9 Å². The largest absolute Gasteiger partial charge is 0.474 e. The molecular formula is C22H33N5O2S. The van der Waals surface area contributed by atoms with Gasteiger partial charge in [0.2, 0.25) is 5.88 Å². The third-order valence-corrected chi connectivity index (χ3v) is 6.39. The molecule has 8 heteroatoms. The van der Waals surface area contributed by atoms with Crippen molar-refractivity contribution in [2.45, 2.75) is 64.3 Å². The summed E-state index contributed by atoms with van der Waals surface area (Å²) in [5.74, 6) is 1.53. The van der Waals surface area contributed by atoms with Gasteiger partial charge in [0.05, 0.1) is 12.2 Å². The summed E-state index contributed by atoms with van der Waals surface area (Å²) in [6.45, 7) is 3.34. The quantitative estimate of drug-likeness (QED) is 0.500. The van der Waals surface area contributed by atoms with Crippen molar-refractivity contribution < 1.29 is 9.47 Å². The lowest BCUT2D eigenvalue weighted by Crippen LogP contribution is -2.38. The molecule has 1 saturated carbocycles. The Morgan fingerprint density at radius 2 is 2.17 bits per heavy atom. The summed E-state index contributed by atoms with van der Waals surface area (Å²) in [5.41, 5.74) is 2.13. The average molecular weight is 432 g/mol. The monoisotopic (exact) mass is 431 g/mol. The van der Waals surface area contributed by atoms with Crippen LogP contribution in [0.5, 0.6) is 5.88 Å². The molecule has 3 rings (SSSR count). The van der Waals surface area contributed by atoms with Crippen molar-refractivity contribution in [1.29, 1.82) is 0 Å². The Morgan fingerprint density at radius 3 is 2.90 bits per heavy atom. The first kappa shape index (κ1) is 22.5. The van der Waals surface area contributed by atoms with Gasteiger partial charge in [-0.05, 0) is 44.2 Å². The Morgan fingerprint density at radius 1 is 1.37 bits per heavy atom. The van der Waals surface area contributed by atoms with Crippen LogP contribution in [0.4, 0.5) is 0 Å². The molecule has 30 heavy (non-hydrogen) atoms. The van der Waals surface area contributed by atoms with E-state index in [9.17, 15) is 0 Å². The van der Waals surface area contributed by atoms with Gasteiger partial charge >= 0.3 is 0 Å². The molecule has 0 saturated heterocycles. The van der Waals surface area contributed by atoms with Gasteiger partial charge in [0.15, 0.2) is 5.96 Å². The Bertz CT molecular complexity index is 819. The van der Waals surface area contributed by atoms with Gasteiger partial charge in [-0.15, -0.1) is 11.3 Å². The van der Waals surface area contributed by atoms with Gasteiger partial charge in [0.25, 0.3) is 0 Å². The van der Waals surface area contributed by atoms with E-state index >= 15 is 0 Å². The zero-order chi connectivity index (χ0) is 21.3. The molecule has 1 fully saturated rings. The second-order valence-corrected chi connectivity index (χ2v) is 8.58. The van der Waals surface area contributed by atoms with Crippen LogP contribution < -0.4 is 10.1 Å². The maximum absolute atomic E-state index is 6.09. The number of nitrogens with one attached hydrogen (secondary N) is 1. The Kier molecular flexibility index (Phi) is 8.45. The van der Waals surface area contributed by atoms with Gasteiger partial charge in [-0.25, -0.2) is 9.97 Å². The molecular weight excluding hydrogens is 398 g/mol. The fourth-order valence-corrected chi connectivity index (χ4v) is 4.39. The molecule has 2 aromatic heterocycles. The van der Waals surface area contributed by atoms with Crippen LogP contribution in [0.3, 0.4) is 0 Å². The molecule has 1 N–H and O–H groups in total. The summed E-state index contributed by atoms with van der Waals surface area (Å²) < 4.78 is 11.4. The van der Waals surface area contributed by atoms with E-state index in [1.54, 1.807) is 25.5 Å². The molecule has 0 aliphatic heterocycles. The minimum atomic E-state index is 0.0169. The maximum Gasteiger partial charge on any atom is 0.213 e. The lowest BCUT2D eigenvalue weighted by Gasteiger charge is -2.23. The van der Waals surface area contributed by atoms with E-state index in [1.807, 2.05) is 32.3 Å². The molecule has 0 bridgehead atoms. The first-order chi connectivity index (χ1) is 14.6. The minimum Gasteiger partial charge on any atom is -0.474 e. The van der Waals surface area contributed by atoms with E-state index in [-0.39, 0.29) is 6.10 Å². The zero-order valence-electron chi connectivity index (χ0n) is 18.4. The van der Waals surface area contributed by atoms with E-state index < -0.39 is 0 Å². The molecule has 1 unspecified atom stereocenters. The van der Waals surface area contributed by atoms with Gasteiger partial charge in [-0.2, -0.15) is 0 Å². The number of thiazole rings is 1. The highest BCUT2D eigenvalue weighted by atomic mass is 32.1. The van der Waals surface area contributed by atoms with Gasteiger partial charge < -0.3 is 19.7 Å². The Balaban J connectivity index is 1.53. The minimum absolute atomic E-state index is 0.0169. The summed E-state index contributed by atoms with van der Waals surface area (Å²) >= 11 is 1.63. The Labute approximate surface area is 183 Å². The SMILES string of the molecule is CN=C(NCc1ccnc(OC2CCCCC2)c1)N(C)Cc1csc(C(C)OC)n1. The normalized spacial score (nSPS) is 16.3. The molecule has 1 aliphatic rings. The lowest BCUT2D eigenvalue weighted by molar-refractivity contribution is 0.119. The fourth-order valence-electron chi connectivity index (χ4n) is 3.55. The lowest BCUT2D eigenvalue weighted by atomic mass is 9.98. The van der Waals surface area contributed by atoms with Crippen LogP contribution in [0.2, 0.25) is 0 Å². The molecule has 1 atom stereocenters. The predicted octanol–water partition coefficient (Wildman–Crippen LogP) is 4.16. The summed E-state index contributed by atoms with van der Waals surface area (Å²) in [4.78, 5) is 15.5. The number of hydrogen-bond donors (Lipinski definition) is 1. The zero-order valence-corrected chi connectivity index (χ0v) is 19.2. The van der Waals surface area contributed by atoms with E-state index in [2.05, 4.69) is 30.6 Å². The number of methoxy groups -OCH3 is 1. The number of guanidine groups is 1. The third kappa shape index (κ3) is 6.40. The Hall–Kier alpha value is -2.19. The van der Waals surface area contributed by atoms with Crippen LogP contribution in [0.25, 0.3) is 0 Å². The molecule has 0 aromatic carbocycles. The van der Waals surface area contributed by atoms with Crippen molar-refractivity contribution in [3.63, 3.8) is 0 Å². The van der Waals surface area contributed by atoms with Crippen LogP contribution in [0.15, 0.2) is 28.7 Å². The van der Waals surface area contributed by atoms with Gasteiger partial charge in [0.1, 0.15) is 17.2 Å². The van der Waals surface area contributed by atoms with Gasteiger partial charge in [0, 0.05) is 45.4 Å². The van der Waals surface area contributed by atoms with Crippen LogP contribution in [0.1, 0.15) is 61.4 Å². The van der Waals surface area contributed by atoms with Crippen molar-refractivity contribution in [1.82, 2.24) is 20.2 Å². The summed E-state index contributed by atoms with van der Waals surface area (Å²) in [5, 5.41) is 6.49. The molecule has 2 aromatic rings. The molecule has 7 nitrogen and oxygen atoms in total. The highest BCUT2D eigenvalue weighted by Gasteiger charge is 2.16. The van der Waals surface area contributed by atoms with Gasteiger partial charge in [-0.1, -0.05) is 6.42 Å². The van der Waals surface area contributed by atoms with Crippen LogP contribution in [-0.2, 0) is 17.8 Å². The first-order valence-corrected chi connectivity index (χ1v) is 11.5. The van der Waals surface area contributed by atoms with E-state index in [4.69, 9.17) is 9.47 Å². The number of nitrogens with zero attached hydrogens (tertiary/aromatic N) is 4. The fraction of sp³-hybridized carbons (Fsp3) is 0.591. The smallest absolute Gasteiger partial charge is 0.213 e. The van der Waals surface area contributed by atoms with Crippen molar-refractivity contribution in [2.75, 3.05) is 21.2 Å². The predicted molar refractivity (Wildman–Crippen MR) is 121 cm³/mol. The molecule has 2 heterocycles. The highest BCUT2D eigenvalue weighted by molar-refractivity contribution is 7.09. The standard InChI is InChI=1S/C22H33N5O2S/c1-16(28-4)21-26-18(15-30-21)14-27(3)22(23-2)25-13-17-10-11-24-20(12-17)29-19-8-6-5-7-9-19/h10-12,15-16,19H,5-9,13-14H2,1-4H3,(H,23,25). The van der Waals surface area contributed by atoms with Crippen molar-refractivity contribution in [3.8, 4) is 5.88 Å². The van der Waals surface area contributed by atoms with E-state index in [0.29, 0.717) is 25.1 Å². The average Bonchev–Trinajstić information content (AvgIpc) is 3.23. The van der Waals surface area contributed by atoms with Crippen molar-refractivity contribution in [3.05, 3.63) is 40.0 Å². The van der Waals surface area contributed by atoms with E-state index in [1.165, 1.54) is 19.3 Å². The molecule has 0 amide bonds. The summed E-state index contributed by atoms with van der Waals surface area (Å²) in [6.07, 6.45) is 8.21. The number of pyridine rings is 1. The maximum atomic E-state index is 6.09. The van der Waals surface area contributed by atoms with Crippen LogP contribution in [0, 0.1) is 0 Å². The molecule has 164 valence electrons. The summed E-state index contributed by atoms with van der Waals surface area (Å²) in [7, 11) is 5.51. The number of aliphatic imine (C=N–C) groups is 1. The third-order valence-electron chi connectivity index (χ3n) is 5.33. The highest BCUT2D eigenvalue weighted by Crippen LogP contribution is 2.23. The van der Waals surface area contributed by atoms with Crippen LogP contribution in [-0.4, -0.2) is 48.1 Å². The second-order valence-electron chi connectivity index (χ2n) is 7.69. The number of rotatable bonds is 8. The van der Waals surface area contributed by atoms with Crippen LogP contribution >= 0.6 is 11.3 Å². The van der Waals surface area contributed by atoms with E-state index in [0.717, 1.165) is 35.1 Å².